The molecule has 0 aromatic heterocycles. The van der Waals surface area contributed by atoms with Crippen LogP contribution in [0.2, 0.25) is 10.0 Å². The Morgan fingerprint density at radius 3 is 2.17 bits per heavy atom. The van der Waals surface area contributed by atoms with Gasteiger partial charge in [-0.1, -0.05) is 29.3 Å². The first-order valence-electron chi connectivity index (χ1n) is 11.0. The van der Waals surface area contributed by atoms with Crippen molar-refractivity contribution in [2.45, 2.75) is 6.17 Å². The number of amides is 2. The molecule has 0 unspecified atom stereocenters. The van der Waals surface area contributed by atoms with Crippen LogP contribution in [0.4, 0.5) is 11.4 Å². The molecule has 8 nitrogen and oxygen atoms in total. The SMILES string of the molecule is COCCN1C(=O)c2cc(C(=O)Nc3ccc(OC)c(Cl)c3)ccc2[C@@H]1Nc1ccc(OC)c(Cl)c1. The number of anilines is 2. The molecule has 36 heavy (non-hydrogen) atoms. The molecule has 0 saturated heterocycles. The van der Waals surface area contributed by atoms with Gasteiger partial charge >= 0.3 is 0 Å². The molecule has 1 aliphatic rings. The lowest BCUT2D eigenvalue weighted by atomic mass is 10.0. The normalized spacial score (nSPS) is 14.4. The van der Waals surface area contributed by atoms with Crippen molar-refractivity contribution in [2.75, 3.05) is 45.1 Å². The summed E-state index contributed by atoms with van der Waals surface area (Å²) in [6.45, 7) is 0.713. The molecule has 3 aromatic carbocycles. The number of hydrogen-bond acceptors (Lipinski definition) is 6. The predicted octanol–water partition coefficient (Wildman–Crippen LogP) is 5.48. The monoisotopic (exact) mass is 529 g/mol. The summed E-state index contributed by atoms with van der Waals surface area (Å²) in [6, 6.07) is 15.3. The van der Waals surface area contributed by atoms with E-state index in [0.717, 1.165) is 5.56 Å². The smallest absolute Gasteiger partial charge is 0.256 e. The number of rotatable bonds is 9. The zero-order valence-electron chi connectivity index (χ0n) is 19.9. The summed E-state index contributed by atoms with van der Waals surface area (Å²) in [4.78, 5) is 27.9. The number of fused-ring (bicyclic) bond motifs is 1. The first kappa shape index (κ1) is 25.6. The van der Waals surface area contributed by atoms with Crippen LogP contribution in [0.3, 0.4) is 0 Å². The molecule has 0 fully saturated rings. The summed E-state index contributed by atoms with van der Waals surface area (Å²) in [6.07, 6.45) is -0.468. The van der Waals surface area contributed by atoms with Gasteiger partial charge in [-0.05, 0) is 48.5 Å². The minimum atomic E-state index is -0.468. The van der Waals surface area contributed by atoms with Crippen LogP contribution in [0.5, 0.6) is 11.5 Å². The largest absolute Gasteiger partial charge is 0.495 e. The van der Waals surface area contributed by atoms with Crippen molar-refractivity contribution in [3.63, 3.8) is 0 Å². The number of carbonyl (C=O) groups excluding carboxylic acids is 2. The van der Waals surface area contributed by atoms with Crippen molar-refractivity contribution in [1.29, 1.82) is 0 Å². The van der Waals surface area contributed by atoms with Crippen LogP contribution in [-0.2, 0) is 4.74 Å². The van der Waals surface area contributed by atoms with E-state index in [1.54, 1.807) is 67.7 Å². The molecule has 0 aliphatic carbocycles. The summed E-state index contributed by atoms with van der Waals surface area (Å²) in [7, 11) is 4.64. The van der Waals surface area contributed by atoms with Crippen LogP contribution < -0.4 is 20.1 Å². The van der Waals surface area contributed by atoms with E-state index in [2.05, 4.69) is 10.6 Å². The lowest BCUT2D eigenvalue weighted by molar-refractivity contribution is 0.0674. The summed E-state index contributed by atoms with van der Waals surface area (Å²) in [5.41, 5.74) is 2.74. The van der Waals surface area contributed by atoms with Gasteiger partial charge in [-0.15, -0.1) is 0 Å². The molecule has 0 saturated carbocycles. The lowest BCUT2D eigenvalue weighted by Crippen LogP contribution is -2.34. The molecule has 10 heteroatoms. The number of carbonyl (C=O) groups is 2. The highest BCUT2D eigenvalue weighted by Gasteiger charge is 2.37. The van der Waals surface area contributed by atoms with Gasteiger partial charge in [0.25, 0.3) is 11.8 Å². The highest BCUT2D eigenvalue weighted by atomic mass is 35.5. The maximum absolute atomic E-state index is 13.3. The molecule has 188 valence electrons. The fourth-order valence-electron chi connectivity index (χ4n) is 4.00. The molecule has 0 bridgehead atoms. The Morgan fingerprint density at radius 1 is 0.917 bits per heavy atom. The van der Waals surface area contributed by atoms with Crippen molar-refractivity contribution in [2.24, 2.45) is 0 Å². The van der Waals surface area contributed by atoms with Crippen LogP contribution in [0.1, 0.15) is 32.4 Å². The van der Waals surface area contributed by atoms with Gasteiger partial charge in [0, 0.05) is 41.7 Å². The third-order valence-electron chi connectivity index (χ3n) is 5.81. The molecule has 1 heterocycles. The lowest BCUT2D eigenvalue weighted by Gasteiger charge is -2.27. The van der Waals surface area contributed by atoms with Crippen molar-refractivity contribution in [3.05, 3.63) is 81.3 Å². The van der Waals surface area contributed by atoms with Gasteiger partial charge in [-0.3, -0.25) is 9.59 Å². The van der Waals surface area contributed by atoms with E-state index >= 15 is 0 Å². The van der Waals surface area contributed by atoms with E-state index in [-0.39, 0.29) is 11.8 Å². The quantitative estimate of drug-likeness (QED) is 0.381. The molecular formula is C26H25Cl2N3O5. The van der Waals surface area contributed by atoms with E-state index < -0.39 is 6.17 Å². The molecular weight excluding hydrogens is 505 g/mol. The van der Waals surface area contributed by atoms with Crippen molar-refractivity contribution < 1.29 is 23.8 Å². The summed E-state index contributed by atoms with van der Waals surface area (Å²) in [5.74, 6) is 0.482. The molecule has 2 N–H and O–H groups in total. The maximum atomic E-state index is 13.3. The van der Waals surface area contributed by atoms with Gasteiger partial charge in [0.05, 0.1) is 30.9 Å². The first-order valence-corrected chi connectivity index (χ1v) is 11.8. The minimum Gasteiger partial charge on any atom is -0.495 e. The third kappa shape index (κ3) is 5.21. The van der Waals surface area contributed by atoms with E-state index in [1.807, 2.05) is 6.07 Å². The van der Waals surface area contributed by atoms with Crippen molar-refractivity contribution >= 4 is 46.4 Å². The fraction of sp³-hybridized carbons (Fsp3) is 0.231. The van der Waals surface area contributed by atoms with Crippen molar-refractivity contribution in [3.8, 4) is 11.5 Å². The Hall–Kier alpha value is -3.46. The Balaban J connectivity index is 1.61. The van der Waals surface area contributed by atoms with Gasteiger partial charge in [0.1, 0.15) is 17.7 Å². The van der Waals surface area contributed by atoms with Gasteiger partial charge < -0.3 is 29.7 Å². The maximum Gasteiger partial charge on any atom is 0.256 e. The van der Waals surface area contributed by atoms with Gasteiger partial charge in [-0.25, -0.2) is 0 Å². The highest BCUT2D eigenvalue weighted by Crippen LogP contribution is 2.37. The van der Waals surface area contributed by atoms with E-state index in [0.29, 0.717) is 57.2 Å². The summed E-state index contributed by atoms with van der Waals surface area (Å²) < 4.78 is 15.6. The van der Waals surface area contributed by atoms with Crippen LogP contribution in [0.25, 0.3) is 0 Å². The molecule has 1 atom stereocenters. The molecule has 2 amide bonds. The van der Waals surface area contributed by atoms with Crippen LogP contribution in [0, 0.1) is 0 Å². The standard InChI is InChI=1S/C26H25Cl2N3O5/c1-34-11-10-31-24(29-16-5-8-22(35-2)20(27)13-16)18-7-4-15(12-19(18)26(31)33)25(32)30-17-6-9-23(36-3)21(28)14-17/h4-9,12-14,24,29H,10-11H2,1-3H3,(H,30,32)/t24-/m1/s1. The van der Waals surface area contributed by atoms with E-state index in [9.17, 15) is 9.59 Å². The summed E-state index contributed by atoms with van der Waals surface area (Å²) >= 11 is 12.5. The zero-order chi connectivity index (χ0) is 25.8. The molecule has 1 aliphatic heterocycles. The van der Waals surface area contributed by atoms with Gasteiger partial charge in [0.2, 0.25) is 0 Å². The second-order valence-corrected chi connectivity index (χ2v) is 8.81. The molecule has 3 aromatic rings. The van der Waals surface area contributed by atoms with E-state index in [4.69, 9.17) is 37.4 Å². The van der Waals surface area contributed by atoms with Crippen LogP contribution >= 0.6 is 23.2 Å². The van der Waals surface area contributed by atoms with Gasteiger partial charge in [-0.2, -0.15) is 0 Å². The topological polar surface area (TPSA) is 89.1 Å². The number of nitrogens with zero attached hydrogens (tertiary/aromatic N) is 1. The fourth-order valence-corrected chi connectivity index (χ4v) is 4.51. The number of methoxy groups -OCH3 is 3. The Bertz CT molecular complexity index is 1300. The van der Waals surface area contributed by atoms with E-state index in [1.165, 1.54) is 7.11 Å². The average Bonchev–Trinajstić information content (AvgIpc) is 3.13. The van der Waals surface area contributed by atoms with Crippen LogP contribution in [0.15, 0.2) is 54.6 Å². The number of hydrogen-bond donors (Lipinski definition) is 2. The number of halogens is 2. The second kappa shape index (κ2) is 11.1. The number of benzene rings is 3. The predicted molar refractivity (Wildman–Crippen MR) is 140 cm³/mol. The third-order valence-corrected chi connectivity index (χ3v) is 6.40. The first-order chi connectivity index (χ1) is 17.4. The number of nitrogens with one attached hydrogen (secondary N) is 2. The molecule has 0 spiro atoms. The zero-order valence-corrected chi connectivity index (χ0v) is 21.4. The Labute approximate surface area is 219 Å². The highest BCUT2D eigenvalue weighted by molar-refractivity contribution is 6.32. The van der Waals surface area contributed by atoms with Gasteiger partial charge in [0.15, 0.2) is 0 Å². The second-order valence-electron chi connectivity index (χ2n) is 7.99. The summed E-state index contributed by atoms with van der Waals surface area (Å²) in [5, 5.41) is 6.99. The van der Waals surface area contributed by atoms with Crippen molar-refractivity contribution in [1.82, 2.24) is 4.90 Å². The molecule has 4 rings (SSSR count). The van der Waals surface area contributed by atoms with Crippen LogP contribution in [-0.4, -0.2) is 51.2 Å². The number of ether oxygens (including phenoxy) is 3. The minimum absolute atomic E-state index is 0.207. The average molecular weight is 530 g/mol. The Kier molecular flexibility index (Phi) is 7.88. The molecule has 0 radical (unpaired) electrons. The Morgan fingerprint density at radius 2 is 1.56 bits per heavy atom.